The molecular formula is C15H28N2O2. The number of carbonyl (C=O) groups is 1. The van der Waals surface area contributed by atoms with E-state index in [0.29, 0.717) is 12.0 Å². The summed E-state index contributed by atoms with van der Waals surface area (Å²) in [5.41, 5.74) is 0. The number of piperidine rings is 1. The zero-order valence-corrected chi connectivity index (χ0v) is 12.1. The average Bonchev–Trinajstić information content (AvgIpc) is 2.88. The number of hydrogen-bond donors (Lipinski definition) is 2. The van der Waals surface area contributed by atoms with Gasteiger partial charge in [-0.05, 0) is 37.6 Å². The molecule has 1 aliphatic heterocycles. The minimum absolute atomic E-state index is 0.193. The van der Waals surface area contributed by atoms with Gasteiger partial charge in [-0.2, -0.15) is 0 Å². The lowest BCUT2D eigenvalue weighted by molar-refractivity contribution is -0.138. The smallest absolute Gasteiger partial charge is 0.317 e. The Hall–Kier alpha value is -0.610. The quantitative estimate of drug-likeness (QED) is 0.773. The summed E-state index contributed by atoms with van der Waals surface area (Å²) >= 11 is 0. The molecule has 0 bridgehead atoms. The molecular weight excluding hydrogens is 240 g/mol. The number of carboxylic acid groups (broad SMARTS) is 1. The monoisotopic (exact) mass is 268 g/mol. The lowest BCUT2D eigenvalue weighted by Crippen LogP contribution is -2.51. The first-order chi connectivity index (χ1) is 9.17. The first-order valence-electron chi connectivity index (χ1n) is 7.85. The second-order valence-electron chi connectivity index (χ2n) is 6.35. The molecule has 0 spiro atoms. The summed E-state index contributed by atoms with van der Waals surface area (Å²) in [6.45, 7) is 5.38. The standard InChI is InChI=1S/C15H28N2O2/c1-2-12-7-14(10-17(9-12)11-15(18)19)16-8-13-5-3-4-6-13/h12-14,16H,2-11H2,1H3,(H,18,19). The van der Waals surface area contributed by atoms with Gasteiger partial charge in [-0.3, -0.25) is 9.69 Å². The van der Waals surface area contributed by atoms with E-state index in [2.05, 4.69) is 17.1 Å². The van der Waals surface area contributed by atoms with Gasteiger partial charge in [0.15, 0.2) is 0 Å². The minimum Gasteiger partial charge on any atom is -0.480 e. The van der Waals surface area contributed by atoms with E-state index in [1.165, 1.54) is 32.1 Å². The van der Waals surface area contributed by atoms with Gasteiger partial charge in [0.05, 0.1) is 6.54 Å². The van der Waals surface area contributed by atoms with Crippen molar-refractivity contribution >= 4 is 5.97 Å². The molecule has 2 atom stereocenters. The van der Waals surface area contributed by atoms with Crippen molar-refractivity contribution in [1.82, 2.24) is 10.2 Å². The minimum atomic E-state index is -0.703. The molecule has 1 aliphatic carbocycles. The zero-order chi connectivity index (χ0) is 13.7. The zero-order valence-electron chi connectivity index (χ0n) is 12.1. The Morgan fingerprint density at radius 1 is 1.26 bits per heavy atom. The Labute approximate surface area is 116 Å². The third kappa shape index (κ3) is 4.77. The Balaban J connectivity index is 1.78. The van der Waals surface area contributed by atoms with Crippen molar-refractivity contribution in [1.29, 1.82) is 0 Å². The highest BCUT2D eigenvalue weighted by atomic mass is 16.4. The third-order valence-corrected chi connectivity index (χ3v) is 4.72. The van der Waals surface area contributed by atoms with Gasteiger partial charge in [0.1, 0.15) is 0 Å². The first kappa shape index (κ1) is 14.8. The first-order valence-corrected chi connectivity index (χ1v) is 7.85. The van der Waals surface area contributed by atoms with Crippen LogP contribution in [0.5, 0.6) is 0 Å². The van der Waals surface area contributed by atoms with Crippen LogP contribution in [-0.2, 0) is 4.79 Å². The van der Waals surface area contributed by atoms with E-state index in [0.717, 1.165) is 32.0 Å². The predicted molar refractivity (Wildman–Crippen MR) is 76.2 cm³/mol. The fourth-order valence-electron chi connectivity index (χ4n) is 3.61. The number of nitrogens with one attached hydrogen (secondary N) is 1. The van der Waals surface area contributed by atoms with Crippen LogP contribution in [-0.4, -0.2) is 48.2 Å². The Bertz CT molecular complexity index is 290. The molecule has 2 N–H and O–H groups in total. The third-order valence-electron chi connectivity index (χ3n) is 4.72. The SMILES string of the molecule is CCC1CC(NCC2CCCC2)CN(CC(=O)O)C1. The van der Waals surface area contributed by atoms with Crippen LogP contribution in [0.25, 0.3) is 0 Å². The molecule has 2 rings (SSSR count). The fourth-order valence-corrected chi connectivity index (χ4v) is 3.61. The van der Waals surface area contributed by atoms with Crippen LogP contribution in [0, 0.1) is 11.8 Å². The van der Waals surface area contributed by atoms with Crippen molar-refractivity contribution < 1.29 is 9.90 Å². The van der Waals surface area contributed by atoms with Gasteiger partial charge in [-0.25, -0.2) is 0 Å². The van der Waals surface area contributed by atoms with E-state index in [9.17, 15) is 4.79 Å². The Morgan fingerprint density at radius 3 is 2.63 bits per heavy atom. The largest absolute Gasteiger partial charge is 0.480 e. The van der Waals surface area contributed by atoms with Gasteiger partial charge in [-0.15, -0.1) is 0 Å². The van der Waals surface area contributed by atoms with Crippen LogP contribution in [0.4, 0.5) is 0 Å². The predicted octanol–water partition coefficient (Wildman–Crippen LogP) is 1.95. The number of carboxylic acids is 1. The van der Waals surface area contributed by atoms with Gasteiger partial charge >= 0.3 is 5.97 Å². The Morgan fingerprint density at radius 2 is 2.00 bits per heavy atom. The maximum atomic E-state index is 10.9. The summed E-state index contributed by atoms with van der Waals surface area (Å²) in [6, 6.07) is 0.485. The maximum absolute atomic E-state index is 10.9. The molecule has 0 amide bonds. The molecule has 0 aromatic carbocycles. The average molecular weight is 268 g/mol. The molecule has 2 unspecified atom stereocenters. The topological polar surface area (TPSA) is 52.6 Å². The number of nitrogens with zero attached hydrogens (tertiary/aromatic N) is 1. The van der Waals surface area contributed by atoms with Crippen molar-refractivity contribution in [2.45, 2.75) is 51.5 Å². The van der Waals surface area contributed by atoms with Crippen LogP contribution >= 0.6 is 0 Å². The lowest BCUT2D eigenvalue weighted by atomic mass is 9.91. The van der Waals surface area contributed by atoms with Gasteiger partial charge in [-0.1, -0.05) is 26.2 Å². The van der Waals surface area contributed by atoms with E-state index in [-0.39, 0.29) is 6.54 Å². The van der Waals surface area contributed by atoms with Crippen molar-refractivity contribution in [3.63, 3.8) is 0 Å². The second kappa shape index (κ2) is 7.25. The van der Waals surface area contributed by atoms with Crippen molar-refractivity contribution in [3.05, 3.63) is 0 Å². The molecule has 0 radical (unpaired) electrons. The molecule has 19 heavy (non-hydrogen) atoms. The molecule has 2 aliphatic rings. The normalized spacial score (nSPS) is 29.7. The molecule has 4 nitrogen and oxygen atoms in total. The van der Waals surface area contributed by atoms with Gasteiger partial charge in [0.25, 0.3) is 0 Å². The fraction of sp³-hybridized carbons (Fsp3) is 0.933. The van der Waals surface area contributed by atoms with E-state index in [1.54, 1.807) is 0 Å². The molecule has 1 saturated carbocycles. The van der Waals surface area contributed by atoms with Gasteiger partial charge in [0.2, 0.25) is 0 Å². The van der Waals surface area contributed by atoms with Crippen LogP contribution in [0.2, 0.25) is 0 Å². The van der Waals surface area contributed by atoms with E-state index in [4.69, 9.17) is 5.11 Å². The lowest BCUT2D eigenvalue weighted by Gasteiger charge is -2.37. The molecule has 1 saturated heterocycles. The van der Waals surface area contributed by atoms with Crippen molar-refractivity contribution in [2.75, 3.05) is 26.2 Å². The number of rotatable bonds is 6. The highest BCUT2D eigenvalue weighted by Crippen LogP contribution is 2.25. The summed E-state index contributed by atoms with van der Waals surface area (Å²) in [7, 11) is 0. The van der Waals surface area contributed by atoms with Gasteiger partial charge in [0, 0.05) is 19.1 Å². The molecule has 1 heterocycles. The molecule has 2 fully saturated rings. The molecule has 110 valence electrons. The summed E-state index contributed by atoms with van der Waals surface area (Å²) in [6.07, 6.45) is 7.88. The number of aliphatic carboxylic acids is 1. The summed E-state index contributed by atoms with van der Waals surface area (Å²) in [4.78, 5) is 13.0. The number of hydrogen-bond acceptors (Lipinski definition) is 3. The van der Waals surface area contributed by atoms with Crippen LogP contribution < -0.4 is 5.32 Å². The Kier molecular flexibility index (Phi) is 5.64. The van der Waals surface area contributed by atoms with Crippen molar-refractivity contribution in [2.24, 2.45) is 11.8 Å². The molecule has 4 heteroatoms. The molecule has 0 aromatic heterocycles. The summed E-state index contributed by atoms with van der Waals surface area (Å²) in [5.74, 6) is 0.801. The van der Waals surface area contributed by atoms with E-state index >= 15 is 0 Å². The van der Waals surface area contributed by atoms with E-state index in [1.807, 2.05) is 0 Å². The number of likely N-dealkylation sites (tertiary alicyclic amines) is 1. The second-order valence-corrected chi connectivity index (χ2v) is 6.35. The van der Waals surface area contributed by atoms with Crippen molar-refractivity contribution in [3.8, 4) is 0 Å². The summed E-state index contributed by atoms with van der Waals surface area (Å²) < 4.78 is 0. The van der Waals surface area contributed by atoms with E-state index < -0.39 is 5.97 Å². The highest BCUT2D eigenvalue weighted by Gasteiger charge is 2.27. The van der Waals surface area contributed by atoms with Gasteiger partial charge < -0.3 is 10.4 Å². The highest BCUT2D eigenvalue weighted by molar-refractivity contribution is 5.69. The maximum Gasteiger partial charge on any atom is 0.317 e. The van der Waals surface area contributed by atoms with Crippen LogP contribution in [0.1, 0.15) is 45.4 Å². The molecule has 0 aromatic rings. The summed E-state index contributed by atoms with van der Waals surface area (Å²) in [5, 5.41) is 12.6. The van der Waals surface area contributed by atoms with Crippen LogP contribution in [0.3, 0.4) is 0 Å². The van der Waals surface area contributed by atoms with Crippen LogP contribution in [0.15, 0.2) is 0 Å².